The summed E-state index contributed by atoms with van der Waals surface area (Å²) in [6.45, 7) is 1.77. The first-order chi connectivity index (χ1) is 7.61. The highest BCUT2D eigenvalue weighted by Gasteiger charge is 2.18. The fourth-order valence-electron chi connectivity index (χ4n) is 1.18. The Morgan fingerprint density at radius 1 is 1.69 bits per heavy atom. The van der Waals surface area contributed by atoms with E-state index in [0.29, 0.717) is 0 Å². The van der Waals surface area contributed by atoms with Gasteiger partial charge in [0.15, 0.2) is 5.56 Å². The largest absolute Gasteiger partial charge is 0.507 e. The van der Waals surface area contributed by atoms with Crippen molar-refractivity contribution in [2.24, 2.45) is 0 Å². The van der Waals surface area contributed by atoms with Crippen molar-refractivity contribution >= 4 is 5.97 Å². The second-order valence-corrected chi connectivity index (χ2v) is 2.93. The molecule has 0 spiro atoms. The number of carbonyl (C=O) groups is 1. The molecule has 1 aromatic heterocycles. The number of aromatic hydroxyl groups is 1. The lowest BCUT2D eigenvalue weighted by Gasteiger charge is -2.06. The molecule has 0 saturated heterocycles. The van der Waals surface area contributed by atoms with Crippen molar-refractivity contribution in [2.75, 3.05) is 6.61 Å². The van der Waals surface area contributed by atoms with Crippen LogP contribution in [0.5, 0.6) is 5.75 Å². The molecular weight excluding hydrogens is 210 g/mol. The Morgan fingerprint density at radius 2 is 2.38 bits per heavy atom. The molecule has 0 aromatic carbocycles. The van der Waals surface area contributed by atoms with Crippen LogP contribution in [0.3, 0.4) is 0 Å². The minimum atomic E-state index is -0.851. The van der Waals surface area contributed by atoms with E-state index in [1.54, 1.807) is 6.92 Å². The number of ether oxygens (including phenoxy) is 1. The Hall–Kier alpha value is -2.22. The summed E-state index contributed by atoms with van der Waals surface area (Å²) >= 11 is 0. The van der Waals surface area contributed by atoms with Gasteiger partial charge in [-0.2, -0.15) is 0 Å². The van der Waals surface area contributed by atoms with Gasteiger partial charge in [-0.05, 0) is 13.0 Å². The fraction of sp³-hybridized carbons (Fsp3) is 0.273. The lowest BCUT2D eigenvalue weighted by atomic mass is 10.2. The SMILES string of the molecule is C#CCn1ccc(O)c(C(=O)OCC)c1=O. The van der Waals surface area contributed by atoms with Crippen LogP contribution in [0, 0.1) is 12.3 Å². The summed E-state index contributed by atoms with van der Waals surface area (Å²) < 4.78 is 5.80. The number of carbonyl (C=O) groups excluding carboxylic acids is 1. The zero-order chi connectivity index (χ0) is 12.1. The lowest BCUT2D eigenvalue weighted by Crippen LogP contribution is -2.26. The van der Waals surface area contributed by atoms with Crippen molar-refractivity contribution in [2.45, 2.75) is 13.5 Å². The van der Waals surface area contributed by atoms with Crippen LogP contribution >= 0.6 is 0 Å². The van der Waals surface area contributed by atoms with E-state index in [4.69, 9.17) is 6.42 Å². The van der Waals surface area contributed by atoms with Crippen molar-refractivity contribution in [1.29, 1.82) is 0 Å². The Balaban J connectivity index is 3.27. The molecule has 0 unspecified atom stereocenters. The summed E-state index contributed by atoms with van der Waals surface area (Å²) in [4.78, 5) is 23.1. The van der Waals surface area contributed by atoms with Gasteiger partial charge in [-0.1, -0.05) is 5.92 Å². The average Bonchev–Trinajstić information content (AvgIpc) is 2.23. The van der Waals surface area contributed by atoms with Gasteiger partial charge in [0.1, 0.15) is 5.75 Å². The number of esters is 1. The molecule has 0 aliphatic heterocycles. The quantitative estimate of drug-likeness (QED) is 0.591. The molecule has 1 heterocycles. The molecule has 0 saturated carbocycles. The van der Waals surface area contributed by atoms with E-state index in [9.17, 15) is 14.7 Å². The Labute approximate surface area is 92.3 Å². The molecule has 0 aliphatic rings. The molecule has 0 fully saturated rings. The van der Waals surface area contributed by atoms with Crippen molar-refractivity contribution in [3.63, 3.8) is 0 Å². The highest BCUT2D eigenvalue weighted by Crippen LogP contribution is 2.12. The zero-order valence-corrected chi connectivity index (χ0v) is 8.77. The van der Waals surface area contributed by atoms with Crippen LogP contribution in [0.15, 0.2) is 17.1 Å². The fourth-order valence-corrected chi connectivity index (χ4v) is 1.18. The molecule has 1 rings (SSSR count). The van der Waals surface area contributed by atoms with E-state index in [1.165, 1.54) is 12.3 Å². The number of pyridine rings is 1. The van der Waals surface area contributed by atoms with Gasteiger partial charge < -0.3 is 14.4 Å². The van der Waals surface area contributed by atoms with Crippen LogP contribution in [0.4, 0.5) is 0 Å². The normalized spacial score (nSPS) is 9.50. The average molecular weight is 221 g/mol. The van der Waals surface area contributed by atoms with Gasteiger partial charge in [-0.25, -0.2) is 4.79 Å². The first-order valence-corrected chi connectivity index (χ1v) is 4.64. The van der Waals surface area contributed by atoms with Crippen molar-refractivity contribution in [3.05, 3.63) is 28.2 Å². The predicted octanol–water partition coefficient (Wildman–Crippen LogP) is 0.364. The van der Waals surface area contributed by atoms with Gasteiger partial charge in [0.25, 0.3) is 5.56 Å². The highest BCUT2D eigenvalue weighted by molar-refractivity contribution is 5.91. The molecule has 0 atom stereocenters. The van der Waals surface area contributed by atoms with Crippen molar-refractivity contribution in [1.82, 2.24) is 4.57 Å². The maximum absolute atomic E-state index is 11.7. The summed E-state index contributed by atoms with van der Waals surface area (Å²) in [7, 11) is 0. The van der Waals surface area contributed by atoms with Gasteiger partial charge >= 0.3 is 5.97 Å². The van der Waals surface area contributed by atoms with Gasteiger partial charge in [-0.3, -0.25) is 4.79 Å². The number of hydrogen-bond donors (Lipinski definition) is 1. The summed E-state index contributed by atoms with van der Waals surface area (Å²) in [6, 6.07) is 1.23. The van der Waals surface area contributed by atoms with Crippen LogP contribution in [-0.2, 0) is 11.3 Å². The summed E-state index contributed by atoms with van der Waals surface area (Å²) in [5.74, 6) is 1.02. The molecule has 0 radical (unpaired) electrons. The van der Waals surface area contributed by atoms with Crippen LogP contribution in [0.2, 0.25) is 0 Å². The van der Waals surface area contributed by atoms with Crippen molar-refractivity contribution < 1.29 is 14.6 Å². The third kappa shape index (κ3) is 2.23. The molecule has 0 aliphatic carbocycles. The van der Waals surface area contributed by atoms with Crippen LogP contribution in [0.25, 0.3) is 0 Å². The number of nitrogens with zero attached hydrogens (tertiary/aromatic N) is 1. The van der Waals surface area contributed by atoms with Gasteiger partial charge in [0.05, 0.1) is 13.2 Å². The molecule has 0 amide bonds. The maximum atomic E-state index is 11.7. The summed E-state index contributed by atoms with van der Waals surface area (Å²) in [5, 5.41) is 9.42. The molecule has 84 valence electrons. The van der Waals surface area contributed by atoms with Gasteiger partial charge in [0, 0.05) is 6.20 Å². The molecular formula is C11H11NO4. The smallest absolute Gasteiger partial charge is 0.347 e. The third-order valence-corrected chi connectivity index (χ3v) is 1.88. The Morgan fingerprint density at radius 3 is 2.94 bits per heavy atom. The van der Waals surface area contributed by atoms with Crippen LogP contribution in [0.1, 0.15) is 17.3 Å². The van der Waals surface area contributed by atoms with Crippen molar-refractivity contribution in [3.8, 4) is 18.1 Å². The van der Waals surface area contributed by atoms with E-state index >= 15 is 0 Å². The number of hydrogen-bond acceptors (Lipinski definition) is 4. The van der Waals surface area contributed by atoms with Crippen LogP contribution < -0.4 is 5.56 Å². The first kappa shape index (κ1) is 11.9. The second-order valence-electron chi connectivity index (χ2n) is 2.93. The highest BCUT2D eigenvalue weighted by atomic mass is 16.5. The maximum Gasteiger partial charge on any atom is 0.347 e. The number of aromatic nitrogens is 1. The van der Waals surface area contributed by atoms with E-state index in [-0.39, 0.29) is 18.7 Å². The number of rotatable bonds is 3. The Bertz CT molecular complexity index is 496. The Kier molecular flexibility index (Phi) is 3.72. The molecule has 5 nitrogen and oxygen atoms in total. The molecule has 1 aromatic rings. The second kappa shape index (κ2) is 5.03. The molecule has 0 bridgehead atoms. The first-order valence-electron chi connectivity index (χ1n) is 4.64. The minimum absolute atomic E-state index is 0.0333. The van der Waals surface area contributed by atoms with E-state index in [1.807, 2.05) is 0 Å². The summed E-state index contributed by atoms with van der Waals surface area (Å²) in [5.41, 5.74) is -1.05. The third-order valence-electron chi connectivity index (χ3n) is 1.88. The van der Waals surface area contributed by atoms with Crippen LogP contribution in [-0.4, -0.2) is 22.2 Å². The monoisotopic (exact) mass is 221 g/mol. The number of terminal acetylenes is 1. The van der Waals surface area contributed by atoms with E-state index < -0.39 is 17.3 Å². The molecule has 16 heavy (non-hydrogen) atoms. The van der Waals surface area contributed by atoms with E-state index in [0.717, 1.165) is 4.57 Å². The minimum Gasteiger partial charge on any atom is -0.507 e. The molecule has 5 heteroatoms. The zero-order valence-electron chi connectivity index (χ0n) is 8.77. The topological polar surface area (TPSA) is 68.5 Å². The lowest BCUT2D eigenvalue weighted by molar-refractivity contribution is 0.0520. The predicted molar refractivity (Wildman–Crippen MR) is 57.2 cm³/mol. The van der Waals surface area contributed by atoms with Gasteiger partial charge in [-0.15, -0.1) is 6.42 Å². The standard InChI is InChI=1S/C11H11NO4/c1-3-6-12-7-5-8(13)9(10(12)14)11(15)16-4-2/h1,5,7,13H,4,6H2,2H3. The molecule has 1 N–H and O–H groups in total. The summed E-state index contributed by atoms with van der Waals surface area (Å²) in [6.07, 6.45) is 6.38. The van der Waals surface area contributed by atoms with E-state index in [2.05, 4.69) is 10.7 Å². The van der Waals surface area contributed by atoms with Gasteiger partial charge in [0.2, 0.25) is 0 Å².